The van der Waals surface area contributed by atoms with Crippen molar-refractivity contribution in [3.8, 4) is 0 Å². The van der Waals surface area contributed by atoms with E-state index in [1.165, 1.54) is 18.5 Å². The number of rotatable bonds is 4. The van der Waals surface area contributed by atoms with Crippen LogP contribution < -0.4 is 10.5 Å². The second-order valence-corrected chi connectivity index (χ2v) is 6.05. The first-order valence-corrected chi connectivity index (χ1v) is 7.16. The zero-order valence-electron chi connectivity index (χ0n) is 10.0. The molecule has 1 aromatic heterocycles. The van der Waals surface area contributed by atoms with Crippen molar-refractivity contribution in [2.45, 2.75) is 18.4 Å². The van der Waals surface area contributed by atoms with Gasteiger partial charge in [0, 0.05) is 0 Å². The van der Waals surface area contributed by atoms with Gasteiger partial charge in [-0.3, -0.25) is 5.10 Å². The molecule has 9 heteroatoms. The van der Waals surface area contributed by atoms with Crippen LogP contribution in [0.5, 0.6) is 0 Å². The molecule has 4 N–H and O–H groups in total. The highest BCUT2D eigenvalue weighted by Gasteiger charge is 2.17. The molecule has 0 fully saturated rings. The number of nitrogen functional groups attached to an aromatic ring is 1. The third-order valence-corrected chi connectivity index (χ3v) is 4.36. The summed E-state index contributed by atoms with van der Waals surface area (Å²) in [5.41, 5.74) is 6.48. The predicted octanol–water partition coefficient (Wildman–Crippen LogP) is 0.827. The summed E-state index contributed by atoms with van der Waals surface area (Å²) in [4.78, 5) is 3.88. The number of hydrogen-bond acceptors (Lipinski definition) is 5. The fourth-order valence-corrected chi connectivity index (χ4v) is 2.70. The summed E-state index contributed by atoms with van der Waals surface area (Å²) in [7, 11) is -3.67. The summed E-state index contributed by atoms with van der Waals surface area (Å²) in [5, 5.41) is 6.54. The third kappa shape index (κ3) is 3.03. The Balaban J connectivity index is 2.24. The maximum Gasteiger partial charge on any atom is 0.241 e. The van der Waals surface area contributed by atoms with Crippen molar-refractivity contribution in [3.05, 3.63) is 34.9 Å². The van der Waals surface area contributed by atoms with Crippen LogP contribution in [0.3, 0.4) is 0 Å². The summed E-state index contributed by atoms with van der Waals surface area (Å²) < 4.78 is 26.5. The fraction of sp³-hybridized carbons (Fsp3) is 0.200. The molecule has 2 rings (SSSR count). The fourth-order valence-electron chi connectivity index (χ4n) is 1.48. The van der Waals surface area contributed by atoms with Crippen LogP contribution >= 0.6 is 11.6 Å². The Labute approximate surface area is 115 Å². The molecule has 1 heterocycles. The van der Waals surface area contributed by atoms with E-state index in [9.17, 15) is 8.42 Å². The van der Waals surface area contributed by atoms with Crippen molar-refractivity contribution < 1.29 is 8.42 Å². The second-order valence-electron chi connectivity index (χ2n) is 3.90. The van der Waals surface area contributed by atoms with E-state index < -0.39 is 10.0 Å². The van der Waals surface area contributed by atoms with Crippen molar-refractivity contribution in [3.63, 3.8) is 0 Å². The molecule has 0 spiro atoms. The summed E-state index contributed by atoms with van der Waals surface area (Å²) in [6.07, 6.45) is 1.30. The van der Waals surface area contributed by atoms with E-state index in [1.54, 1.807) is 6.92 Å². The highest BCUT2D eigenvalue weighted by molar-refractivity contribution is 7.89. The van der Waals surface area contributed by atoms with Crippen LogP contribution in [0, 0.1) is 6.92 Å². The molecule has 7 nitrogen and oxygen atoms in total. The highest BCUT2D eigenvalue weighted by Crippen LogP contribution is 2.26. The van der Waals surface area contributed by atoms with E-state index in [4.69, 9.17) is 17.3 Å². The molecule has 0 aliphatic heterocycles. The van der Waals surface area contributed by atoms with Crippen LogP contribution in [0.1, 0.15) is 11.4 Å². The summed E-state index contributed by atoms with van der Waals surface area (Å²) in [5.74, 6) is 0.419. The topological polar surface area (TPSA) is 114 Å². The van der Waals surface area contributed by atoms with E-state index in [1.807, 2.05) is 0 Å². The molecule has 0 radical (unpaired) electrons. The van der Waals surface area contributed by atoms with Gasteiger partial charge < -0.3 is 5.73 Å². The Morgan fingerprint density at radius 1 is 1.47 bits per heavy atom. The zero-order chi connectivity index (χ0) is 14.0. The van der Waals surface area contributed by atoms with Gasteiger partial charge in [0.2, 0.25) is 10.0 Å². The Morgan fingerprint density at radius 3 is 2.79 bits per heavy atom. The number of sulfonamides is 1. The highest BCUT2D eigenvalue weighted by atomic mass is 35.5. The van der Waals surface area contributed by atoms with Crippen LogP contribution in [0.4, 0.5) is 5.69 Å². The maximum absolute atomic E-state index is 12.1. The molecule has 0 aliphatic carbocycles. The molecule has 0 unspecified atom stereocenters. The van der Waals surface area contributed by atoms with E-state index in [2.05, 4.69) is 19.9 Å². The van der Waals surface area contributed by atoms with E-state index in [0.29, 0.717) is 16.4 Å². The Hall–Kier alpha value is -1.64. The van der Waals surface area contributed by atoms with Gasteiger partial charge >= 0.3 is 0 Å². The zero-order valence-corrected chi connectivity index (χ0v) is 11.6. The molecule has 0 bridgehead atoms. The summed E-state index contributed by atoms with van der Waals surface area (Å²) in [6, 6.07) is 2.78. The average molecular weight is 302 g/mol. The minimum atomic E-state index is -3.67. The van der Waals surface area contributed by atoms with Crippen LogP contribution in [-0.4, -0.2) is 23.6 Å². The number of nitrogens with zero attached hydrogens (tertiary/aromatic N) is 2. The molecular formula is C10H12ClN5O2S. The second kappa shape index (κ2) is 5.16. The number of halogens is 1. The van der Waals surface area contributed by atoms with E-state index in [0.717, 1.165) is 0 Å². The number of aromatic amines is 1. The lowest BCUT2D eigenvalue weighted by Crippen LogP contribution is -2.24. The number of aromatic nitrogens is 3. The molecule has 0 aliphatic rings. The largest absolute Gasteiger partial charge is 0.397 e. The SMILES string of the molecule is Cc1cc(S(=O)(=O)NCc2ncn[nH]2)cc(N)c1Cl. The third-order valence-electron chi connectivity index (χ3n) is 2.46. The van der Waals surface area contributed by atoms with Crippen LogP contribution in [0.2, 0.25) is 5.02 Å². The van der Waals surface area contributed by atoms with E-state index in [-0.39, 0.29) is 17.1 Å². The minimum absolute atomic E-state index is 0.0178. The summed E-state index contributed by atoms with van der Waals surface area (Å²) >= 11 is 5.89. The van der Waals surface area contributed by atoms with Gasteiger partial charge in [-0.1, -0.05) is 11.6 Å². The normalized spacial score (nSPS) is 11.7. The maximum atomic E-state index is 12.1. The lowest BCUT2D eigenvalue weighted by atomic mass is 10.2. The minimum Gasteiger partial charge on any atom is -0.397 e. The number of aryl methyl sites for hydroxylation is 1. The first-order valence-electron chi connectivity index (χ1n) is 5.29. The first-order chi connectivity index (χ1) is 8.90. The van der Waals surface area contributed by atoms with Gasteiger partial charge in [-0.25, -0.2) is 18.1 Å². The molecule has 2 aromatic rings. The van der Waals surface area contributed by atoms with Gasteiger partial charge in [0.25, 0.3) is 0 Å². The number of nitrogens with two attached hydrogens (primary N) is 1. The predicted molar refractivity (Wildman–Crippen MR) is 71.0 cm³/mol. The quantitative estimate of drug-likeness (QED) is 0.724. The van der Waals surface area contributed by atoms with Crippen LogP contribution in [0.15, 0.2) is 23.4 Å². The Bertz CT molecular complexity index is 661. The number of anilines is 1. The molecule has 0 saturated carbocycles. The standard InChI is InChI=1S/C10H12ClN5O2S/c1-6-2-7(3-8(12)10(6)11)19(17,18)15-4-9-13-5-14-16-9/h2-3,5,15H,4,12H2,1H3,(H,13,14,16). The van der Waals surface area contributed by atoms with Gasteiger partial charge in [-0.2, -0.15) is 5.10 Å². The van der Waals surface area contributed by atoms with Crippen LogP contribution in [0.25, 0.3) is 0 Å². The monoisotopic (exact) mass is 301 g/mol. The lowest BCUT2D eigenvalue weighted by molar-refractivity contribution is 0.579. The number of nitrogens with one attached hydrogen (secondary N) is 2. The smallest absolute Gasteiger partial charge is 0.241 e. The Morgan fingerprint density at radius 2 is 2.21 bits per heavy atom. The average Bonchev–Trinajstić information content (AvgIpc) is 2.86. The molecule has 19 heavy (non-hydrogen) atoms. The van der Waals surface area contributed by atoms with Crippen molar-refractivity contribution >= 4 is 27.3 Å². The summed E-state index contributed by atoms with van der Waals surface area (Å²) in [6.45, 7) is 1.71. The van der Waals surface area contributed by atoms with Crippen molar-refractivity contribution in [1.82, 2.24) is 19.9 Å². The van der Waals surface area contributed by atoms with E-state index >= 15 is 0 Å². The molecule has 0 saturated heterocycles. The lowest BCUT2D eigenvalue weighted by Gasteiger charge is -2.09. The number of hydrogen-bond donors (Lipinski definition) is 3. The first kappa shape index (κ1) is 13.8. The molecule has 0 amide bonds. The van der Waals surface area contributed by atoms with Gasteiger partial charge in [0.1, 0.15) is 12.2 Å². The molecule has 1 aromatic carbocycles. The molecular weight excluding hydrogens is 290 g/mol. The van der Waals surface area contributed by atoms with Gasteiger partial charge in [-0.05, 0) is 24.6 Å². The Kier molecular flexibility index (Phi) is 3.74. The molecule has 102 valence electrons. The van der Waals surface area contributed by atoms with Gasteiger partial charge in [-0.15, -0.1) is 0 Å². The number of H-pyrrole nitrogens is 1. The van der Waals surface area contributed by atoms with Crippen molar-refractivity contribution in [1.29, 1.82) is 0 Å². The number of benzene rings is 1. The van der Waals surface area contributed by atoms with Gasteiger partial charge in [0.15, 0.2) is 0 Å². The molecule has 0 atom stereocenters. The van der Waals surface area contributed by atoms with Crippen molar-refractivity contribution in [2.75, 3.05) is 5.73 Å². The van der Waals surface area contributed by atoms with Crippen LogP contribution in [-0.2, 0) is 16.6 Å². The van der Waals surface area contributed by atoms with Crippen molar-refractivity contribution in [2.24, 2.45) is 0 Å². The van der Waals surface area contributed by atoms with Gasteiger partial charge in [0.05, 0.1) is 22.2 Å².